The van der Waals surface area contributed by atoms with E-state index in [4.69, 9.17) is 5.73 Å². The number of nitrogens with zero attached hydrogens (tertiary/aromatic N) is 2. The Labute approximate surface area is 120 Å². The van der Waals surface area contributed by atoms with Crippen molar-refractivity contribution in [3.05, 3.63) is 24.3 Å². The standard InChI is InChI=1S/C16H23N3O/c1-18(15-7-5-14(17)6-8-15)16(20)11-19-9-12-3-2-4-13(12)10-19/h5-8,12-13H,2-4,9-11,17H2,1H3. The Morgan fingerprint density at radius 1 is 1.25 bits per heavy atom. The van der Waals surface area contributed by atoms with E-state index in [-0.39, 0.29) is 5.91 Å². The Morgan fingerprint density at radius 2 is 1.85 bits per heavy atom. The second-order valence-electron chi connectivity index (χ2n) is 6.19. The van der Waals surface area contributed by atoms with Crippen molar-refractivity contribution in [3.8, 4) is 0 Å². The average molecular weight is 273 g/mol. The number of benzene rings is 1. The molecule has 2 atom stereocenters. The number of nitrogen functional groups attached to an aromatic ring is 1. The minimum Gasteiger partial charge on any atom is -0.399 e. The van der Waals surface area contributed by atoms with Crippen molar-refractivity contribution in [2.45, 2.75) is 19.3 Å². The van der Waals surface area contributed by atoms with Crippen molar-refractivity contribution in [1.82, 2.24) is 4.90 Å². The molecule has 0 spiro atoms. The lowest BCUT2D eigenvalue weighted by atomic mass is 10.0. The van der Waals surface area contributed by atoms with E-state index in [1.54, 1.807) is 4.90 Å². The summed E-state index contributed by atoms with van der Waals surface area (Å²) in [5.74, 6) is 1.84. The van der Waals surface area contributed by atoms with Crippen LogP contribution < -0.4 is 10.6 Å². The molecule has 0 aromatic heterocycles. The molecule has 108 valence electrons. The van der Waals surface area contributed by atoms with Crippen LogP contribution in [0.25, 0.3) is 0 Å². The van der Waals surface area contributed by atoms with Gasteiger partial charge >= 0.3 is 0 Å². The minimum absolute atomic E-state index is 0.162. The first-order valence-corrected chi connectivity index (χ1v) is 7.48. The molecule has 1 aliphatic heterocycles. The first kappa shape index (κ1) is 13.4. The fraction of sp³-hybridized carbons (Fsp3) is 0.562. The van der Waals surface area contributed by atoms with Crippen molar-refractivity contribution in [2.24, 2.45) is 11.8 Å². The second kappa shape index (κ2) is 5.44. The molecule has 1 aromatic rings. The summed E-state index contributed by atoms with van der Waals surface area (Å²) in [6.07, 6.45) is 4.08. The van der Waals surface area contributed by atoms with Crippen LogP contribution in [0.1, 0.15) is 19.3 Å². The third-order valence-corrected chi connectivity index (χ3v) is 4.82. The Bertz CT molecular complexity index is 473. The number of amides is 1. The third-order valence-electron chi connectivity index (χ3n) is 4.82. The van der Waals surface area contributed by atoms with Gasteiger partial charge in [0, 0.05) is 31.5 Å². The third kappa shape index (κ3) is 2.66. The zero-order valence-corrected chi connectivity index (χ0v) is 12.1. The molecule has 20 heavy (non-hydrogen) atoms. The van der Waals surface area contributed by atoms with E-state index in [1.807, 2.05) is 31.3 Å². The molecule has 1 aliphatic carbocycles. The van der Waals surface area contributed by atoms with Crippen molar-refractivity contribution >= 4 is 17.3 Å². The normalized spacial score (nSPS) is 25.6. The molecule has 4 heteroatoms. The fourth-order valence-electron chi connectivity index (χ4n) is 3.60. The van der Waals surface area contributed by atoms with E-state index in [2.05, 4.69) is 4.90 Å². The van der Waals surface area contributed by atoms with E-state index in [9.17, 15) is 4.79 Å². The smallest absolute Gasteiger partial charge is 0.240 e. The summed E-state index contributed by atoms with van der Waals surface area (Å²) in [6.45, 7) is 2.74. The maximum atomic E-state index is 12.4. The number of likely N-dealkylation sites (N-methyl/N-ethyl adjacent to an activating group) is 1. The van der Waals surface area contributed by atoms with Crippen LogP contribution in [0.15, 0.2) is 24.3 Å². The molecule has 1 aromatic carbocycles. The van der Waals surface area contributed by atoms with Gasteiger partial charge in [-0.1, -0.05) is 6.42 Å². The van der Waals surface area contributed by atoms with Crippen molar-refractivity contribution in [3.63, 3.8) is 0 Å². The van der Waals surface area contributed by atoms with Gasteiger partial charge in [0.15, 0.2) is 0 Å². The predicted octanol–water partition coefficient (Wildman–Crippen LogP) is 1.96. The highest BCUT2D eigenvalue weighted by Gasteiger charge is 2.36. The lowest BCUT2D eigenvalue weighted by Crippen LogP contribution is -2.37. The van der Waals surface area contributed by atoms with Gasteiger partial charge in [-0.3, -0.25) is 9.69 Å². The molecule has 2 aliphatic rings. The largest absolute Gasteiger partial charge is 0.399 e. The van der Waals surface area contributed by atoms with Crippen LogP contribution in [0.4, 0.5) is 11.4 Å². The Morgan fingerprint density at radius 3 is 2.45 bits per heavy atom. The maximum absolute atomic E-state index is 12.4. The van der Waals surface area contributed by atoms with Crippen LogP contribution in [0.3, 0.4) is 0 Å². The van der Waals surface area contributed by atoms with Gasteiger partial charge in [0.05, 0.1) is 6.54 Å². The molecule has 1 amide bonds. The zero-order valence-electron chi connectivity index (χ0n) is 12.1. The number of hydrogen-bond acceptors (Lipinski definition) is 3. The summed E-state index contributed by atoms with van der Waals surface area (Å²) in [6, 6.07) is 7.45. The molecular weight excluding hydrogens is 250 g/mol. The van der Waals surface area contributed by atoms with Gasteiger partial charge in [-0.25, -0.2) is 0 Å². The molecule has 1 saturated carbocycles. The van der Waals surface area contributed by atoms with Gasteiger partial charge < -0.3 is 10.6 Å². The minimum atomic E-state index is 0.162. The number of anilines is 2. The lowest BCUT2D eigenvalue weighted by molar-refractivity contribution is -0.119. The Kier molecular flexibility index (Phi) is 3.66. The van der Waals surface area contributed by atoms with Gasteiger partial charge in [-0.15, -0.1) is 0 Å². The van der Waals surface area contributed by atoms with Crippen LogP contribution in [0.2, 0.25) is 0 Å². The summed E-state index contributed by atoms with van der Waals surface area (Å²) >= 11 is 0. The number of nitrogens with two attached hydrogens (primary N) is 1. The van der Waals surface area contributed by atoms with Crippen LogP contribution in [-0.2, 0) is 4.79 Å². The number of likely N-dealkylation sites (tertiary alicyclic amines) is 1. The number of hydrogen-bond donors (Lipinski definition) is 1. The van der Waals surface area contributed by atoms with E-state index >= 15 is 0 Å². The van der Waals surface area contributed by atoms with E-state index in [0.717, 1.165) is 36.3 Å². The molecule has 4 nitrogen and oxygen atoms in total. The van der Waals surface area contributed by atoms with Gasteiger partial charge in [0.1, 0.15) is 0 Å². The first-order chi connectivity index (χ1) is 9.63. The molecule has 3 rings (SSSR count). The SMILES string of the molecule is CN(C(=O)CN1CC2CCCC2C1)c1ccc(N)cc1. The predicted molar refractivity (Wildman–Crippen MR) is 81.5 cm³/mol. The van der Waals surface area contributed by atoms with Crippen molar-refractivity contribution < 1.29 is 4.79 Å². The topological polar surface area (TPSA) is 49.6 Å². The van der Waals surface area contributed by atoms with Gasteiger partial charge in [0.2, 0.25) is 5.91 Å². The molecule has 2 fully saturated rings. The van der Waals surface area contributed by atoms with Crippen molar-refractivity contribution in [2.75, 3.05) is 37.3 Å². The van der Waals surface area contributed by atoms with Crippen LogP contribution in [0, 0.1) is 11.8 Å². The highest BCUT2D eigenvalue weighted by atomic mass is 16.2. The number of rotatable bonds is 3. The highest BCUT2D eigenvalue weighted by Crippen LogP contribution is 2.37. The summed E-state index contributed by atoms with van der Waals surface area (Å²) in [5.41, 5.74) is 7.31. The Hall–Kier alpha value is -1.55. The van der Waals surface area contributed by atoms with Gasteiger partial charge in [-0.05, 0) is 48.9 Å². The number of carbonyl (C=O) groups excluding carboxylic acids is 1. The quantitative estimate of drug-likeness (QED) is 0.857. The number of carbonyl (C=O) groups is 1. The maximum Gasteiger partial charge on any atom is 0.240 e. The summed E-state index contributed by atoms with van der Waals surface area (Å²) < 4.78 is 0. The summed E-state index contributed by atoms with van der Waals surface area (Å²) in [7, 11) is 1.84. The fourth-order valence-corrected chi connectivity index (χ4v) is 3.60. The Balaban J connectivity index is 1.57. The molecule has 1 heterocycles. The lowest BCUT2D eigenvalue weighted by Gasteiger charge is -2.22. The summed E-state index contributed by atoms with van der Waals surface area (Å²) in [5, 5.41) is 0. The van der Waals surface area contributed by atoms with Crippen LogP contribution >= 0.6 is 0 Å². The molecule has 2 unspecified atom stereocenters. The average Bonchev–Trinajstić information content (AvgIpc) is 2.99. The molecule has 1 saturated heterocycles. The molecule has 0 radical (unpaired) electrons. The first-order valence-electron chi connectivity index (χ1n) is 7.48. The van der Waals surface area contributed by atoms with Crippen LogP contribution in [0.5, 0.6) is 0 Å². The highest BCUT2D eigenvalue weighted by molar-refractivity contribution is 5.94. The molecular formula is C16H23N3O. The summed E-state index contributed by atoms with van der Waals surface area (Å²) in [4.78, 5) is 16.4. The molecule has 2 N–H and O–H groups in total. The van der Waals surface area contributed by atoms with E-state index in [0.29, 0.717) is 6.54 Å². The second-order valence-corrected chi connectivity index (χ2v) is 6.19. The van der Waals surface area contributed by atoms with Crippen molar-refractivity contribution in [1.29, 1.82) is 0 Å². The molecule has 0 bridgehead atoms. The monoisotopic (exact) mass is 273 g/mol. The number of fused-ring (bicyclic) bond motifs is 1. The van der Waals surface area contributed by atoms with Gasteiger partial charge in [0.25, 0.3) is 0 Å². The van der Waals surface area contributed by atoms with E-state index < -0.39 is 0 Å². The van der Waals surface area contributed by atoms with Gasteiger partial charge in [-0.2, -0.15) is 0 Å². The van der Waals surface area contributed by atoms with Crippen LogP contribution in [-0.4, -0.2) is 37.5 Å². The van der Waals surface area contributed by atoms with E-state index in [1.165, 1.54) is 19.3 Å². The zero-order chi connectivity index (χ0) is 14.1.